The maximum Gasteiger partial charge on any atom is 0.248 e. The highest BCUT2D eigenvalue weighted by Crippen LogP contribution is 2.16. The van der Waals surface area contributed by atoms with Crippen LogP contribution < -0.4 is 16.0 Å². The molecule has 1 aromatic heterocycles. The molecule has 0 spiro atoms. The van der Waals surface area contributed by atoms with E-state index >= 15 is 0 Å². The van der Waals surface area contributed by atoms with Crippen molar-refractivity contribution in [2.24, 2.45) is 0 Å². The minimum absolute atomic E-state index is 0.0543. The molecule has 0 unspecified atom stereocenters. The lowest BCUT2D eigenvalue weighted by Gasteiger charge is -2.25. The number of anilines is 3. The molecule has 0 bridgehead atoms. The summed E-state index contributed by atoms with van der Waals surface area (Å²) in [4.78, 5) is 26.7. The first-order valence-electron chi connectivity index (χ1n) is 9.74. The van der Waals surface area contributed by atoms with E-state index in [0.717, 1.165) is 18.8 Å². The number of rotatable bonds is 8. The molecule has 2 aromatic rings. The van der Waals surface area contributed by atoms with E-state index in [1.54, 1.807) is 13.0 Å². The standard InChI is InChI=1S/C20H27N5O4/c1-3-17(20(27)23-18-12-14(2)29-24-18)21-15-4-6-16(7-5-15)22-19(26)13-25-8-10-28-11-9-25/h4-7,12,17,21H,3,8-11,13H2,1-2H3,(H,22,26)(H,23,24,27)/t17-/m0/s1. The normalized spacial score (nSPS) is 15.5. The molecule has 29 heavy (non-hydrogen) atoms. The van der Waals surface area contributed by atoms with Crippen LogP contribution in [0.3, 0.4) is 0 Å². The molecule has 2 heterocycles. The van der Waals surface area contributed by atoms with Crippen LogP contribution in [0, 0.1) is 6.92 Å². The van der Waals surface area contributed by atoms with Gasteiger partial charge in [0.15, 0.2) is 5.82 Å². The summed E-state index contributed by atoms with van der Waals surface area (Å²) in [6.45, 7) is 6.90. The zero-order chi connectivity index (χ0) is 20.6. The first-order chi connectivity index (χ1) is 14.0. The Morgan fingerprint density at radius 2 is 1.83 bits per heavy atom. The molecule has 3 N–H and O–H groups in total. The third-order valence-corrected chi connectivity index (χ3v) is 4.58. The van der Waals surface area contributed by atoms with Crippen molar-refractivity contribution in [2.45, 2.75) is 26.3 Å². The quantitative estimate of drug-likeness (QED) is 0.621. The van der Waals surface area contributed by atoms with Crippen LogP contribution in [0.15, 0.2) is 34.9 Å². The second kappa shape index (κ2) is 10.0. The van der Waals surface area contributed by atoms with E-state index in [-0.39, 0.29) is 11.8 Å². The van der Waals surface area contributed by atoms with Gasteiger partial charge in [-0.25, -0.2) is 0 Å². The number of benzene rings is 1. The summed E-state index contributed by atoms with van der Waals surface area (Å²) in [5, 5.41) is 12.6. The molecular weight excluding hydrogens is 374 g/mol. The van der Waals surface area contributed by atoms with E-state index in [4.69, 9.17) is 9.26 Å². The van der Waals surface area contributed by atoms with E-state index in [1.165, 1.54) is 0 Å². The average molecular weight is 401 g/mol. The molecule has 0 radical (unpaired) electrons. The predicted octanol–water partition coefficient (Wildman–Crippen LogP) is 2.08. The van der Waals surface area contributed by atoms with Gasteiger partial charge in [-0.1, -0.05) is 12.1 Å². The zero-order valence-corrected chi connectivity index (χ0v) is 16.7. The number of ether oxygens (including phenoxy) is 1. The van der Waals surface area contributed by atoms with Crippen molar-refractivity contribution < 1.29 is 18.8 Å². The Kier molecular flexibility index (Phi) is 7.20. The fourth-order valence-corrected chi connectivity index (χ4v) is 3.01. The number of carbonyl (C=O) groups excluding carboxylic acids is 2. The number of aromatic nitrogens is 1. The summed E-state index contributed by atoms with van der Waals surface area (Å²) in [6.07, 6.45) is 0.598. The van der Waals surface area contributed by atoms with Gasteiger partial charge in [-0.05, 0) is 37.6 Å². The van der Waals surface area contributed by atoms with Gasteiger partial charge in [-0.2, -0.15) is 0 Å². The molecule has 2 amide bonds. The van der Waals surface area contributed by atoms with Crippen LogP contribution in [0.1, 0.15) is 19.1 Å². The molecule has 1 aromatic carbocycles. The molecule has 1 aliphatic rings. The molecule has 0 aliphatic carbocycles. The lowest BCUT2D eigenvalue weighted by atomic mass is 10.2. The highest BCUT2D eigenvalue weighted by atomic mass is 16.5. The van der Waals surface area contributed by atoms with E-state index in [2.05, 4.69) is 26.0 Å². The molecule has 1 atom stereocenters. The van der Waals surface area contributed by atoms with Crippen molar-refractivity contribution in [1.29, 1.82) is 0 Å². The Labute approximate surface area is 169 Å². The molecule has 1 saturated heterocycles. The third-order valence-electron chi connectivity index (χ3n) is 4.58. The molecule has 9 nitrogen and oxygen atoms in total. The third kappa shape index (κ3) is 6.30. The number of amides is 2. The largest absolute Gasteiger partial charge is 0.379 e. The fourth-order valence-electron chi connectivity index (χ4n) is 3.01. The van der Waals surface area contributed by atoms with Crippen LogP contribution in [0.4, 0.5) is 17.2 Å². The predicted molar refractivity (Wildman–Crippen MR) is 110 cm³/mol. The Morgan fingerprint density at radius 1 is 1.14 bits per heavy atom. The van der Waals surface area contributed by atoms with E-state index in [0.29, 0.717) is 43.4 Å². The van der Waals surface area contributed by atoms with Crippen molar-refractivity contribution in [3.8, 4) is 0 Å². The Hall–Kier alpha value is -2.91. The Morgan fingerprint density at radius 3 is 2.45 bits per heavy atom. The summed E-state index contributed by atoms with van der Waals surface area (Å²) < 4.78 is 10.2. The number of nitrogens with one attached hydrogen (secondary N) is 3. The van der Waals surface area contributed by atoms with Gasteiger partial charge in [0.1, 0.15) is 11.8 Å². The van der Waals surface area contributed by atoms with Crippen molar-refractivity contribution in [3.05, 3.63) is 36.1 Å². The van der Waals surface area contributed by atoms with Gasteiger partial charge in [0.25, 0.3) is 0 Å². The van der Waals surface area contributed by atoms with Gasteiger partial charge < -0.3 is 25.2 Å². The first kappa shape index (κ1) is 20.8. The van der Waals surface area contributed by atoms with Gasteiger partial charge >= 0.3 is 0 Å². The Bertz CT molecular complexity index is 815. The molecule has 1 aliphatic heterocycles. The highest BCUT2D eigenvalue weighted by molar-refractivity contribution is 5.96. The van der Waals surface area contributed by atoms with Crippen molar-refractivity contribution in [1.82, 2.24) is 10.1 Å². The maximum absolute atomic E-state index is 12.4. The average Bonchev–Trinajstić information content (AvgIpc) is 3.12. The number of aryl methyl sites for hydroxylation is 1. The number of hydrogen-bond acceptors (Lipinski definition) is 7. The number of nitrogens with zero attached hydrogens (tertiary/aromatic N) is 2. The van der Waals surface area contributed by atoms with Crippen LogP contribution in [0.2, 0.25) is 0 Å². The van der Waals surface area contributed by atoms with Crippen LogP contribution in [0.25, 0.3) is 0 Å². The molecule has 0 saturated carbocycles. The molecule has 1 fully saturated rings. The van der Waals surface area contributed by atoms with E-state index < -0.39 is 6.04 Å². The Balaban J connectivity index is 1.50. The summed E-state index contributed by atoms with van der Waals surface area (Å²) in [7, 11) is 0. The lowest BCUT2D eigenvalue weighted by molar-refractivity contribution is -0.118. The monoisotopic (exact) mass is 401 g/mol. The highest BCUT2D eigenvalue weighted by Gasteiger charge is 2.18. The van der Waals surface area contributed by atoms with Crippen LogP contribution >= 0.6 is 0 Å². The van der Waals surface area contributed by atoms with Crippen molar-refractivity contribution in [3.63, 3.8) is 0 Å². The molecule has 9 heteroatoms. The minimum Gasteiger partial charge on any atom is -0.379 e. The number of morpholine rings is 1. The SMILES string of the molecule is CC[C@H](Nc1ccc(NC(=O)CN2CCOCC2)cc1)C(=O)Nc1cc(C)on1. The maximum atomic E-state index is 12.4. The molecular formula is C20H27N5O4. The minimum atomic E-state index is -0.422. The molecule has 3 rings (SSSR count). The van der Waals surface area contributed by atoms with Gasteiger partial charge in [0, 0.05) is 30.5 Å². The zero-order valence-electron chi connectivity index (χ0n) is 16.7. The van der Waals surface area contributed by atoms with Gasteiger partial charge in [-0.3, -0.25) is 14.5 Å². The lowest BCUT2D eigenvalue weighted by Crippen LogP contribution is -2.41. The van der Waals surface area contributed by atoms with Crippen LogP contribution in [-0.4, -0.2) is 60.8 Å². The summed E-state index contributed by atoms with van der Waals surface area (Å²) in [6, 6.07) is 8.53. The smallest absolute Gasteiger partial charge is 0.248 e. The number of hydrogen-bond donors (Lipinski definition) is 3. The van der Waals surface area contributed by atoms with Crippen molar-refractivity contribution in [2.75, 3.05) is 48.8 Å². The topological polar surface area (TPSA) is 109 Å². The van der Waals surface area contributed by atoms with Gasteiger partial charge in [0.2, 0.25) is 11.8 Å². The second-order valence-corrected chi connectivity index (χ2v) is 6.93. The van der Waals surface area contributed by atoms with Crippen molar-refractivity contribution >= 4 is 29.0 Å². The van der Waals surface area contributed by atoms with Crippen LogP contribution in [0.5, 0.6) is 0 Å². The van der Waals surface area contributed by atoms with E-state index in [9.17, 15) is 9.59 Å². The summed E-state index contributed by atoms with van der Waals surface area (Å²) in [5.74, 6) is 0.781. The van der Waals surface area contributed by atoms with Gasteiger partial charge in [0.05, 0.1) is 19.8 Å². The summed E-state index contributed by atoms with van der Waals surface area (Å²) in [5.41, 5.74) is 1.50. The van der Waals surface area contributed by atoms with E-state index in [1.807, 2.05) is 31.2 Å². The summed E-state index contributed by atoms with van der Waals surface area (Å²) >= 11 is 0. The van der Waals surface area contributed by atoms with Crippen LogP contribution in [-0.2, 0) is 14.3 Å². The number of carbonyl (C=O) groups is 2. The van der Waals surface area contributed by atoms with Gasteiger partial charge in [-0.15, -0.1) is 0 Å². The fraction of sp³-hybridized carbons (Fsp3) is 0.450. The second-order valence-electron chi connectivity index (χ2n) is 6.93. The molecule has 156 valence electrons. The first-order valence-corrected chi connectivity index (χ1v) is 9.74.